The first-order valence-electron chi connectivity index (χ1n) is 8.02. The molecule has 122 valence electrons. The van der Waals surface area contributed by atoms with Gasteiger partial charge in [0, 0.05) is 12.6 Å². The first-order chi connectivity index (χ1) is 11.2. The van der Waals surface area contributed by atoms with Crippen LogP contribution in [0.1, 0.15) is 19.8 Å². The average molecular weight is 315 g/mol. The topological polar surface area (TPSA) is 80.1 Å². The molecule has 0 spiro atoms. The minimum Gasteiger partial charge on any atom is -0.353 e. The first-order valence-corrected chi connectivity index (χ1v) is 8.02. The van der Waals surface area contributed by atoms with Gasteiger partial charge in [0.15, 0.2) is 0 Å². The molecule has 1 N–H and O–H groups in total. The lowest BCUT2D eigenvalue weighted by molar-refractivity contribution is -0.122. The summed E-state index contributed by atoms with van der Waals surface area (Å²) >= 11 is 0. The molecule has 1 saturated heterocycles. The van der Waals surface area contributed by atoms with Gasteiger partial charge in [0.2, 0.25) is 5.91 Å². The second-order valence-corrected chi connectivity index (χ2v) is 5.80. The standard InChI is InChI=1S/C16H21N5O2/c1-2-20-9-5-6-12(20)10-17-15(22)11-21-16(23)13-7-3-4-8-14(13)18-19-21/h3-4,7-8,12H,2,5-6,9-11H2,1H3,(H,17,22). The zero-order chi connectivity index (χ0) is 16.2. The summed E-state index contributed by atoms with van der Waals surface area (Å²) in [6, 6.07) is 7.39. The Morgan fingerprint density at radius 1 is 1.39 bits per heavy atom. The predicted molar refractivity (Wildman–Crippen MR) is 87.1 cm³/mol. The fourth-order valence-corrected chi connectivity index (χ4v) is 3.09. The first kappa shape index (κ1) is 15.6. The number of rotatable bonds is 5. The monoisotopic (exact) mass is 315 g/mol. The zero-order valence-electron chi connectivity index (χ0n) is 13.2. The number of nitrogens with zero attached hydrogens (tertiary/aromatic N) is 4. The second-order valence-electron chi connectivity index (χ2n) is 5.80. The van der Waals surface area contributed by atoms with Crippen LogP contribution in [0.4, 0.5) is 0 Å². The minimum absolute atomic E-state index is 0.102. The third kappa shape index (κ3) is 3.39. The van der Waals surface area contributed by atoms with Crippen molar-refractivity contribution in [3.8, 4) is 0 Å². The van der Waals surface area contributed by atoms with E-state index in [4.69, 9.17) is 0 Å². The lowest BCUT2D eigenvalue weighted by Crippen LogP contribution is -2.42. The lowest BCUT2D eigenvalue weighted by Gasteiger charge is -2.22. The fraction of sp³-hybridized carbons (Fsp3) is 0.500. The smallest absolute Gasteiger partial charge is 0.278 e. The van der Waals surface area contributed by atoms with Crippen LogP contribution in [0, 0.1) is 0 Å². The zero-order valence-corrected chi connectivity index (χ0v) is 13.2. The summed E-state index contributed by atoms with van der Waals surface area (Å²) < 4.78 is 1.11. The number of aromatic nitrogens is 3. The minimum atomic E-state index is -0.290. The van der Waals surface area contributed by atoms with Crippen molar-refractivity contribution in [2.45, 2.75) is 32.4 Å². The summed E-state index contributed by atoms with van der Waals surface area (Å²) in [7, 11) is 0. The lowest BCUT2D eigenvalue weighted by atomic mass is 10.2. The molecule has 0 aliphatic carbocycles. The van der Waals surface area contributed by atoms with Crippen molar-refractivity contribution in [3.63, 3.8) is 0 Å². The number of likely N-dealkylation sites (tertiary alicyclic amines) is 1. The highest BCUT2D eigenvalue weighted by atomic mass is 16.2. The van der Waals surface area contributed by atoms with Gasteiger partial charge in [-0.05, 0) is 38.1 Å². The Bertz CT molecular complexity index is 757. The molecule has 0 bridgehead atoms. The van der Waals surface area contributed by atoms with Crippen LogP contribution in [0.2, 0.25) is 0 Å². The van der Waals surface area contributed by atoms with Gasteiger partial charge >= 0.3 is 0 Å². The van der Waals surface area contributed by atoms with Crippen LogP contribution < -0.4 is 10.9 Å². The Hall–Kier alpha value is -2.28. The Labute approximate surface area is 134 Å². The van der Waals surface area contributed by atoms with Crippen LogP contribution in [0.15, 0.2) is 29.1 Å². The van der Waals surface area contributed by atoms with Crippen molar-refractivity contribution >= 4 is 16.8 Å². The molecule has 1 fully saturated rings. The Morgan fingerprint density at radius 2 is 2.22 bits per heavy atom. The molecule has 0 radical (unpaired) electrons. The van der Waals surface area contributed by atoms with Crippen LogP contribution in [-0.4, -0.2) is 51.5 Å². The Kier molecular flexibility index (Phi) is 4.66. The molecule has 0 saturated carbocycles. The molecule has 23 heavy (non-hydrogen) atoms. The maximum absolute atomic E-state index is 12.3. The molecule has 7 heteroatoms. The van der Waals surface area contributed by atoms with E-state index in [-0.39, 0.29) is 18.0 Å². The molecule has 1 aromatic carbocycles. The van der Waals surface area contributed by atoms with Gasteiger partial charge < -0.3 is 5.32 Å². The summed E-state index contributed by atoms with van der Waals surface area (Å²) in [6.07, 6.45) is 2.27. The molecular weight excluding hydrogens is 294 g/mol. The van der Waals surface area contributed by atoms with E-state index in [1.807, 2.05) is 0 Å². The number of fused-ring (bicyclic) bond motifs is 1. The maximum Gasteiger partial charge on any atom is 0.278 e. The molecule has 1 atom stereocenters. The summed E-state index contributed by atoms with van der Waals surface area (Å²) in [4.78, 5) is 26.8. The van der Waals surface area contributed by atoms with Gasteiger partial charge in [-0.2, -0.15) is 0 Å². The highest BCUT2D eigenvalue weighted by Crippen LogP contribution is 2.15. The van der Waals surface area contributed by atoms with E-state index >= 15 is 0 Å². The summed E-state index contributed by atoms with van der Waals surface area (Å²) in [5.41, 5.74) is 0.250. The summed E-state index contributed by atoms with van der Waals surface area (Å²) in [5.74, 6) is -0.209. The predicted octanol–water partition coefficient (Wildman–Crippen LogP) is 0.392. The highest BCUT2D eigenvalue weighted by molar-refractivity contribution is 5.78. The fourth-order valence-electron chi connectivity index (χ4n) is 3.09. The third-order valence-corrected chi connectivity index (χ3v) is 4.36. The van der Waals surface area contributed by atoms with E-state index in [2.05, 4.69) is 27.5 Å². The molecule has 1 aromatic heterocycles. The molecule has 1 aliphatic heterocycles. The number of likely N-dealkylation sites (N-methyl/N-ethyl adjacent to an activating group) is 1. The van der Waals surface area contributed by atoms with E-state index in [0.29, 0.717) is 23.5 Å². The van der Waals surface area contributed by atoms with Crippen LogP contribution in [0.5, 0.6) is 0 Å². The van der Waals surface area contributed by atoms with Crippen molar-refractivity contribution < 1.29 is 4.79 Å². The Balaban J connectivity index is 1.64. The van der Waals surface area contributed by atoms with Crippen molar-refractivity contribution in [3.05, 3.63) is 34.6 Å². The maximum atomic E-state index is 12.3. The molecule has 2 aromatic rings. The molecular formula is C16H21N5O2. The number of nitrogens with one attached hydrogen (secondary N) is 1. The van der Waals surface area contributed by atoms with E-state index < -0.39 is 0 Å². The van der Waals surface area contributed by atoms with Gasteiger partial charge in [0.1, 0.15) is 12.1 Å². The largest absolute Gasteiger partial charge is 0.353 e. The van der Waals surface area contributed by atoms with Crippen molar-refractivity contribution in [2.75, 3.05) is 19.6 Å². The van der Waals surface area contributed by atoms with Crippen molar-refractivity contribution in [1.82, 2.24) is 25.2 Å². The van der Waals surface area contributed by atoms with Gasteiger partial charge in [0.25, 0.3) is 5.56 Å². The number of hydrogen-bond donors (Lipinski definition) is 1. The SMILES string of the molecule is CCN1CCCC1CNC(=O)Cn1nnc2ccccc2c1=O. The molecule has 7 nitrogen and oxygen atoms in total. The second kappa shape index (κ2) is 6.87. The number of benzene rings is 1. The van der Waals surface area contributed by atoms with Gasteiger partial charge in [-0.3, -0.25) is 14.5 Å². The van der Waals surface area contributed by atoms with Crippen LogP contribution in [-0.2, 0) is 11.3 Å². The van der Waals surface area contributed by atoms with Crippen molar-refractivity contribution in [2.24, 2.45) is 0 Å². The normalized spacial score (nSPS) is 18.4. The van der Waals surface area contributed by atoms with Gasteiger partial charge in [-0.25, -0.2) is 4.68 Å². The van der Waals surface area contributed by atoms with Crippen molar-refractivity contribution in [1.29, 1.82) is 0 Å². The van der Waals surface area contributed by atoms with E-state index in [9.17, 15) is 9.59 Å². The summed E-state index contributed by atoms with van der Waals surface area (Å²) in [5, 5.41) is 11.2. The van der Waals surface area contributed by atoms with Gasteiger partial charge in [0.05, 0.1) is 5.39 Å². The molecule has 2 heterocycles. The molecule has 3 rings (SSSR count). The highest BCUT2D eigenvalue weighted by Gasteiger charge is 2.23. The molecule has 1 unspecified atom stereocenters. The number of hydrogen-bond acceptors (Lipinski definition) is 5. The quantitative estimate of drug-likeness (QED) is 0.863. The van der Waals surface area contributed by atoms with Crippen LogP contribution in [0.25, 0.3) is 10.9 Å². The molecule has 1 aliphatic rings. The Morgan fingerprint density at radius 3 is 3.04 bits per heavy atom. The number of carbonyl (C=O) groups is 1. The van der Waals surface area contributed by atoms with E-state index in [1.54, 1.807) is 24.3 Å². The average Bonchev–Trinajstić information content (AvgIpc) is 3.03. The van der Waals surface area contributed by atoms with Gasteiger partial charge in [-0.15, -0.1) is 5.10 Å². The van der Waals surface area contributed by atoms with E-state index in [1.165, 1.54) is 6.42 Å². The third-order valence-electron chi connectivity index (χ3n) is 4.36. The van der Waals surface area contributed by atoms with Crippen LogP contribution in [0.3, 0.4) is 0 Å². The van der Waals surface area contributed by atoms with Crippen LogP contribution >= 0.6 is 0 Å². The van der Waals surface area contributed by atoms with E-state index in [0.717, 1.165) is 24.2 Å². The van der Waals surface area contributed by atoms with Gasteiger partial charge in [-0.1, -0.05) is 24.3 Å². The number of amides is 1. The number of carbonyl (C=O) groups excluding carboxylic acids is 1. The summed E-state index contributed by atoms with van der Waals surface area (Å²) in [6.45, 7) is 4.73. The molecule has 1 amide bonds.